The van der Waals surface area contributed by atoms with Crippen molar-refractivity contribution in [3.8, 4) is 0 Å². The van der Waals surface area contributed by atoms with E-state index in [9.17, 15) is 9.59 Å². The van der Waals surface area contributed by atoms with Crippen molar-refractivity contribution >= 4 is 11.6 Å². The summed E-state index contributed by atoms with van der Waals surface area (Å²) in [6.07, 6.45) is 0. The molecule has 0 aromatic heterocycles. The van der Waals surface area contributed by atoms with Gasteiger partial charge >= 0.3 is 0 Å². The normalized spacial score (nSPS) is 9.83. The molecule has 0 atom stereocenters. The first-order chi connectivity index (χ1) is 4.95. The summed E-state index contributed by atoms with van der Waals surface area (Å²) in [5.41, 5.74) is 0. The van der Waals surface area contributed by atoms with Gasteiger partial charge < -0.3 is 4.90 Å². The first kappa shape index (κ1) is 14.4. The standard InChI is InChI=1S/C8H15NO2.Cr/c1-6(10)8(7(2)11)5-9(3)4;/h8H,5H2,1-4H3;. The fraction of sp³-hybridized carbons (Fsp3) is 0.750. The average molecular weight is 209 g/mol. The minimum absolute atomic E-state index is 0. The Morgan fingerprint density at radius 1 is 1.17 bits per heavy atom. The summed E-state index contributed by atoms with van der Waals surface area (Å²) < 4.78 is 0. The SMILES string of the molecule is CC(=O)C(CN(C)C)C(C)=O.[Cr]. The van der Waals surface area contributed by atoms with Gasteiger partial charge in [0.1, 0.15) is 11.6 Å². The van der Waals surface area contributed by atoms with Crippen molar-refractivity contribution in [1.29, 1.82) is 0 Å². The maximum Gasteiger partial charge on any atom is 0.141 e. The summed E-state index contributed by atoms with van der Waals surface area (Å²) in [5.74, 6) is -0.539. The Balaban J connectivity index is 0. The average Bonchev–Trinajstić information content (AvgIpc) is 1.81. The number of ketones is 2. The zero-order valence-electron chi connectivity index (χ0n) is 7.96. The zero-order valence-corrected chi connectivity index (χ0v) is 9.23. The van der Waals surface area contributed by atoms with E-state index in [-0.39, 0.29) is 28.9 Å². The van der Waals surface area contributed by atoms with Crippen LogP contribution in [0.3, 0.4) is 0 Å². The number of hydrogen-bond donors (Lipinski definition) is 0. The first-order valence-electron chi connectivity index (χ1n) is 3.60. The Hall–Kier alpha value is -0.168. The van der Waals surface area contributed by atoms with Gasteiger partial charge in [0, 0.05) is 23.9 Å². The molecule has 0 aliphatic rings. The van der Waals surface area contributed by atoms with E-state index < -0.39 is 5.92 Å². The number of Topliss-reactive ketones (excluding diaryl/α,β-unsaturated/α-hetero) is 2. The van der Waals surface area contributed by atoms with Gasteiger partial charge in [-0.2, -0.15) is 0 Å². The third kappa shape index (κ3) is 5.48. The van der Waals surface area contributed by atoms with Crippen LogP contribution in [-0.2, 0) is 27.0 Å². The molecule has 0 bridgehead atoms. The predicted molar refractivity (Wildman–Crippen MR) is 43.4 cm³/mol. The summed E-state index contributed by atoms with van der Waals surface area (Å²) in [6.45, 7) is 3.43. The molecule has 0 N–H and O–H groups in total. The Morgan fingerprint density at radius 2 is 1.50 bits per heavy atom. The molecule has 0 saturated heterocycles. The molecule has 0 radical (unpaired) electrons. The smallest absolute Gasteiger partial charge is 0.141 e. The minimum Gasteiger partial charge on any atom is -0.308 e. The number of carbonyl (C=O) groups excluding carboxylic acids is 2. The van der Waals surface area contributed by atoms with Gasteiger partial charge in [0.25, 0.3) is 0 Å². The Kier molecular flexibility index (Phi) is 7.61. The van der Waals surface area contributed by atoms with Crippen LogP contribution in [0, 0.1) is 5.92 Å². The Bertz CT molecular complexity index is 154. The predicted octanol–water partition coefficient (Wildman–Crippen LogP) is 0.340. The van der Waals surface area contributed by atoms with Crippen molar-refractivity contribution in [2.45, 2.75) is 13.8 Å². The van der Waals surface area contributed by atoms with Crippen LogP contribution in [0.5, 0.6) is 0 Å². The van der Waals surface area contributed by atoms with E-state index in [1.807, 2.05) is 19.0 Å². The molecule has 0 rings (SSSR count). The van der Waals surface area contributed by atoms with Crippen LogP contribution < -0.4 is 0 Å². The molecule has 0 saturated carbocycles. The molecule has 4 heteroatoms. The molecule has 12 heavy (non-hydrogen) atoms. The van der Waals surface area contributed by atoms with Gasteiger partial charge in [-0.3, -0.25) is 9.59 Å². The van der Waals surface area contributed by atoms with E-state index in [0.29, 0.717) is 6.54 Å². The van der Waals surface area contributed by atoms with Crippen LogP contribution in [0.4, 0.5) is 0 Å². The topological polar surface area (TPSA) is 37.4 Å². The summed E-state index contributed by atoms with van der Waals surface area (Å²) in [6, 6.07) is 0. The van der Waals surface area contributed by atoms with E-state index in [1.54, 1.807) is 0 Å². The monoisotopic (exact) mass is 209 g/mol. The number of nitrogens with zero attached hydrogens (tertiary/aromatic N) is 1. The number of rotatable bonds is 4. The molecule has 70 valence electrons. The van der Waals surface area contributed by atoms with E-state index in [4.69, 9.17) is 0 Å². The summed E-state index contributed by atoms with van der Waals surface area (Å²) in [7, 11) is 3.69. The van der Waals surface area contributed by atoms with Crippen molar-refractivity contribution in [1.82, 2.24) is 4.90 Å². The van der Waals surface area contributed by atoms with Crippen LogP contribution in [0.1, 0.15) is 13.8 Å². The van der Waals surface area contributed by atoms with E-state index >= 15 is 0 Å². The Morgan fingerprint density at radius 3 is 1.58 bits per heavy atom. The van der Waals surface area contributed by atoms with Crippen LogP contribution in [-0.4, -0.2) is 37.1 Å². The zero-order chi connectivity index (χ0) is 9.02. The van der Waals surface area contributed by atoms with Gasteiger partial charge in [-0.05, 0) is 27.9 Å². The summed E-state index contributed by atoms with van der Waals surface area (Å²) in [5, 5.41) is 0. The van der Waals surface area contributed by atoms with Crippen molar-refractivity contribution in [3.05, 3.63) is 0 Å². The fourth-order valence-electron chi connectivity index (χ4n) is 0.909. The molecular weight excluding hydrogens is 194 g/mol. The second kappa shape index (κ2) is 6.36. The second-order valence-corrected chi connectivity index (χ2v) is 3.04. The van der Waals surface area contributed by atoms with Crippen molar-refractivity contribution in [3.63, 3.8) is 0 Å². The molecule has 0 heterocycles. The summed E-state index contributed by atoms with van der Waals surface area (Å²) >= 11 is 0. The van der Waals surface area contributed by atoms with Gasteiger partial charge in [0.2, 0.25) is 0 Å². The molecule has 3 nitrogen and oxygen atoms in total. The third-order valence-corrected chi connectivity index (χ3v) is 1.53. The number of carbonyl (C=O) groups is 2. The van der Waals surface area contributed by atoms with Crippen molar-refractivity contribution < 1.29 is 27.0 Å². The first-order valence-corrected chi connectivity index (χ1v) is 3.60. The van der Waals surface area contributed by atoms with E-state index in [0.717, 1.165) is 0 Å². The largest absolute Gasteiger partial charge is 0.308 e. The van der Waals surface area contributed by atoms with Crippen LogP contribution in [0.25, 0.3) is 0 Å². The van der Waals surface area contributed by atoms with Crippen LogP contribution in [0.15, 0.2) is 0 Å². The van der Waals surface area contributed by atoms with Gasteiger partial charge in [0.15, 0.2) is 0 Å². The van der Waals surface area contributed by atoms with E-state index in [2.05, 4.69) is 0 Å². The molecule has 0 aliphatic carbocycles. The van der Waals surface area contributed by atoms with Gasteiger partial charge in [-0.1, -0.05) is 0 Å². The molecule has 0 aromatic carbocycles. The maximum atomic E-state index is 10.9. The second-order valence-electron chi connectivity index (χ2n) is 3.04. The molecule has 0 unspecified atom stereocenters. The fourth-order valence-corrected chi connectivity index (χ4v) is 0.909. The van der Waals surface area contributed by atoms with Crippen LogP contribution in [0.2, 0.25) is 0 Å². The molecular formula is C8H15CrNO2. The van der Waals surface area contributed by atoms with Crippen molar-refractivity contribution in [2.75, 3.05) is 20.6 Å². The third-order valence-electron chi connectivity index (χ3n) is 1.53. The summed E-state index contributed by atoms with van der Waals surface area (Å²) in [4.78, 5) is 23.6. The molecule has 0 spiro atoms. The van der Waals surface area contributed by atoms with Gasteiger partial charge in [0.05, 0.1) is 5.92 Å². The molecule has 0 fully saturated rings. The van der Waals surface area contributed by atoms with Crippen molar-refractivity contribution in [2.24, 2.45) is 5.92 Å². The molecule has 0 aliphatic heterocycles. The molecule has 0 aromatic rings. The minimum atomic E-state index is -0.440. The number of hydrogen-bond acceptors (Lipinski definition) is 3. The quantitative estimate of drug-likeness (QED) is 0.626. The van der Waals surface area contributed by atoms with Crippen LogP contribution >= 0.6 is 0 Å². The maximum absolute atomic E-state index is 10.9. The van der Waals surface area contributed by atoms with Gasteiger partial charge in [-0.15, -0.1) is 0 Å². The van der Waals surface area contributed by atoms with Gasteiger partial charge in [-0.25, -0.2) is 0 Å². The van der Waals surface area contributed by atoms with E-state index in [1.165, 1.54) is 13.8 Å². The molecule has 0 amide bonds. The Labute approximate surface area is 84.3 Å².